The molecular formula is C19H33N5O. The van der Waals surface area contributed by atoms with E-state index < -0.39 is 0 Å². The van der Waals surface area contributed by atoms with Gasteiger partial charge in [-0.15, -0.1) is 0 Å². The number of likely N-dealkylation sites (N-methyl/N-ethyl adjacent to an activating group) is 1. The van der Waals surface area contributed by atoms with Crippen molar-refractivity contribution >= 4 is 0 Å². The monoisotopic (exact) mass is 347 g/mol. The van der Waals surface area contributed by atoms with Crippen molar-refractivity contribution in [2.45, 2.75) is 31.3 Å². The Kier molecular flexibility index (Phi) is 5.41. The van der Waals surface area contributed by atoms with Crippen LogP contribution in [0.25, 0.3) is 0 Å². The maximum absolute atomic E-state index is 5.62. The van der Waals surface area contributed by atoms with Gasteiger partial charge in [0.25, 0.3) is 0 Å². The second kappa shape index (κ2) is 7.74. The summed E-state index contributed by atoms with van der Waals surface area (Å²) in [5.74, 6) is 0.725. The van der Waals surface area contributed by atoms with Crippen molar-refractivity contribution in [1.29, 1.82) is 0 Å². The number of piperazine rings is 1. The van der Waals surface area contributed by atoms with Crippen molar-refractivity contribution in [3.63, 3.8) is 0 Å². The van der Waals surface area contributed by atoms with Crippen LogP contribution < -0.4 is 0 Å². The molecule has 0 aliphatic carbocycles. The van der Waals surface area contributed by atoms with Crippen LogP contribution in [-0.2, 0) is 18.2 Å². The molecule has 140 valence electrons. The van der Waals surface area contributed by atoms with Crippen LogP contribution in [0.5, 0.6) is 0 Å². The molecule has 3 fully saturated rings. The molecule has 0 amide bonds. The van der Waals surface area contributed by atoms with E-state index in [4.69, 9.17) is 4.74 Å². The number of aromatic nitrogens is 2. The number of hydrogen-bond donors (Lipinski definition) is 0. The Morgan fingerprint density at radius 2 is 1.96 bits per heavy atom. The Bertz CT molecular complexity index is 548. The minimum Gasteiger partial charge on any atom is -0.381 e. The molecule has 0 aromatic carbocycles. The summed E-state index contributed by atoms with van der Waals surface area (Å²) in [7, 11) is 4.26. The van der Waals surface area contributed by atoms with Crippen LogP contribution in [0.1, 0.15) is 18.4 Å². The predicted octanol–water partition coefficient (Wildman–Crippen LogP) is 0.689. The maximum atomic E-state index is 5.62. The highest BCUT2D eigenvalue weighted by Crippen LogP contribution is 2.29. The smallest absolute Gasteiger partial charge is 0.0522 e. The average molecular weight is 348 g/mol. The lowest BCUT2D eigenvalue weighted by Gasteiger charge is -2.40. The van der Waals surface area contributed by atoms with Gasteiger partial charge in [0.1, 0.15) is 0 Å². The predicted molar refractivity (Wildman–Crippen MR) is 98.7 cm³/mol. The van der Waals surface area contributed by atoms with E-state index in [0.29, 0.717) is 12.1 Å². The summed E-state index contributed by atoms with van der Waals surface area (Å²) in [6.07, 6.45) is 7.91. The van der Waals surface area contributed by atoms with Gasteiger partial charge in [0.2, 0.25) is 0 Å². The number of hydrogen-bond acceptors (Lipinski definition) is 5. The molecule has 0 bridgehead atoms. The summed E-state index contributed by atoms with van der Waals surface area (Å²) in [5.41, 5.74) is 1.38. The molecule has 1 aromatic heterocycles. The molecule has 0 saturated carbocycles. The van der Waals surface area contributed by atoms with Gasteiger partial charge in [-0.1, -0.05) is 0 Å². The lowest BCUT2D eigenvalue weighted by atomic mass is 9.99. The molecule has 25 heavy (non-hydrogen) atoms. The second-order valence-corrected chi connectivity index (χ2v) is 8.21. The van der Waals surface area contributed by atoms with Gasteiger partial charge in [-0.2, -0.15) is 5.10 Å². The van der Waals surface area contributed by atoms with Crippen molar-refractivity contribution in [2.75, 3.05) is 59.5 Å². The second-order valence-electron chi connectivity index (χ2n) is 8.21. The van der Waals surface area contributed by atoms with Gasteiger partial charge < -0.3 is 9.64 Å². The fraction of sp³-hybridized carbons (Fsp3) is 0.842. The first-order valence-electron chi connectivity index (χ1n) is 9.91. The molecule has 1 aromatic rings. The minimum atomic E-state index is 0.619. The molecule has 0 spiro atoms. The van der Waals surface area contributed by atoms with E-state index in [9.17, 15) is 0 Å². The van der Waals surface area contributed by atoms with Crippen LogP contribution >= 0.6 is 0 Å². The van der Waals surface area contributed by atoms with Crippen LogP contribution in [-0.4, -0.2) is 96.1 Å². The Morgan fingerprint density at radius 1 is 1.12 bits per heavy atom. The van der Waals surface area contributed by atoms with Crippen LogP contribution in [0.2, 0.25) is 0 Å². The SMILES string of the molecule is CN1CCN([C@@H]2CCN(C[C@H]3CCOC3)[C@H]2Cc2cnn(C)c2)CC1. The van der Waals surface area contributed by atoms with Crippen molar-refractivity contribution < 1.29 is 4.74 Å². The summed E-state index contributed by atoms with van der Waals surface area (Å²) in [6.45, 7) is 9.17. The number of nitrogens with zero attached hydrogens (tertiary/aromatic N) is 5. The standard InChI is InChI=1S/C19H33N5O/c1-21-6-8-23(9-7-21)18-3-5-24(14-16-4-10-25-15-16)19(18)11-17-12-20-22(2)13-17/h12-13,16,18-19H,3-11,14-15H2,1-2H3/t16-,18-,19+/m1/s1. The van der Waals surface area contributed by atoms with E-state index in [0.717, 1.165) is 25.6 Å². The van der Waals surface area contributed by atoms with Crippen LogP contribution in [0, 0.1) is 5.92 Å². The molecule has 0 N–H and O–H groups in total. The lowest BCUT2D eigenvalue weighted by molar-refractivity contribution is 0.0816. The van der Waals surface area contributed by atoms with Gasteiger partial charge in [0.05, 0.1) is 12.8 Å². The quantitative estimate of drug-likeness (QED) is 0.783. The van der Waals surface area contributed by atoms with E-state index in [-0.39, 0.29) is 0 Å². The third-order valence-corrected chi connectivity index (χ3v) is 6.35. The molecule has 6 heteroatoms. The Morgan fingerprint density at radius 3 is 2.64 bits per heavy atom. The lowest BCUT2D eigenvalue weighted by Crippen LogP contribution is -2.53. The van der Waals surface area contributed by atoms with Gasteiger partial charge in [0, 0.05) is 71.2 Å². The van der Waals surface area contributed by atoms with E-state index in [2.05, 4.69) is 39.2 Å². The number of rotatable bonds is 5. The zero-order chi connectivity index (χ0) is 17.2. The molecule has 6 nitrogen and oxygen atoms in total. The van der Waals surface area contributed by atoms with Gasteiger partial charge >= 0.3 is 0 Å². The zero-order valence-electron chi connectivity index (χ0n) is 15.8. The van der Waals surface area contributed by atoms with Gasteiger partial charge in [0.15, 0.2) is 0 Å². The van der Waals surface area contributed by atoms with Crippen molar-refractivity contribution in [3.05, 3.63) is 18.0 Å². The highest BCUT2D eigenvalue weighted by molar-refractivity contribution is 5.10. The number of ether oxygens (including phenoxy) is 1. The first-order chi connectivity index (χ1) is 12.2. The van der Waals surface area contributed by atoms with E-state index in [1.54, 1.807) is 0 Å². The Hall–Kier alpha value is -0.950. The fourth-order valence-electron chi connectivity index (χ4n) is 4.85. The molecule has 3 aliphatic heterocycles. The van der Waals surface area contributed by atoms with Crippen molar-refractivity contribution in [2.24, 2.45) is 13.0 Å². The molecule has 3 saturated heterocycles. The van der Waals surface area contributed by atoms with E-state index in [1.807, 2.05) is 11.7 Å². The van der Waals surface area contributed by atoms with Gasteiger partial charge in [-0.05, 0) is 37.8 Å². The molecule has 0 radical (unpaired) electrons. The minimum absolute atomic E-state index is 0.619. The first kappa shape index (κ1) is 17.5. The van der Waals surface area contributed by atoms with Crippen molar-refractivity contribution in [3.8, 4) is 0 Å². The first-order valence-corrected chi connectivity index (χ1v) is 9.91. The largest absolute Gasteiger partial charge is 0.381 e. The summed E-state index contributed by atoms with van der Waals surface area (Å²) in [5, 5.41) is 4.39. The van der Waals surface area contributed by atoms with Crippen LogP contribution in [0.15, 0.2) is 12.4 Å². The molecule has 0 unspecified atom stereocenters. The normalized spacial score (nSPS) is 32.6. The van der Waals surface area contributed by atoms with E-state index >= 15 is 0 Å². The van der Waals surface area contributed by atoms with Crippen LogP contribution in [0.4, 0.5) is 0 Å². The third kappa shape index (κ3) is 4.08. The molecule has 4 heterocycles. The Labute approximate surface area is 151 Å². The zero-order valence-corrected chi connectivity index (χ0v) is 15.8. The number of aryl methyl sites for hydroxylation is 1. The summed E-state index contributed by atoms with van der Waals surface area (Å²) in [4.78, 5) is 7.97. The topological polar surface area (TPSA) is 36.8 Å². The summed E-state index contributed by atoms with van der Waals surface area (Å²) < 4.78 is 7.56. The third-order valence-electron chi connectivity index (χ3n) is 6.35. The van der Waals surface area contributed by atoms with Gasteiger partial charge in [-0.3, -0.25) is 14.5 Å². The average Bonchev–Trinajstić information content (AvgIpc) is 3.33. The highest BCUT2D eigenvalue weighted by Gasteiger charge is 2.39. The molecule has 3 aliphatic rings. The highest BCUT2D eigenvalue weighted by atomic mass is 16.5. The number of likely N-dealkylation sites (tertiary alicyclic amines) is 1. The van der Waals surface area contributed by atoms with Crippen LogP contribution in [0.3, 0.4) is 0 Å². The Balaban J connectivity index is 1.46. The summed E-state index contributed by atoms with van der Waals surface area (Å²) >= 11 is 0. The molecule has 4 rings (SSSR count). The summed E-state index contributed by atoms with van der Waals surface area (Å²) in [6, 6.07) is 1.31. The fourth-order valence-corrected chi connectivity index (χ4v) is 4.85. The van der Waals surface area contributed by atoms with Crippen molar-refractivity contribution in [1.82, 2.24) is 24.5 Å². The molecule has 3 atom stereocenters. The van der Waals surface area contributed by atoms with Gasteiger partial charge in [-0.25, -0.2) is 0 Å². The molecular weight excluding hydrogens is 314 g/mol. The maximum Gasteiger partial charge on any atom is 0.0522 e. The van der Waals surface area contributed by atoms with E-state index in [1.165, 1.54) is 57.7 Å².